The number of carbonyl (C=O) groups is 3. The Bertz CT molecular complexity index is 639. The van der Waals surface area contributed by atoms with E-state index in [9.17, 15) is 14.4 Å². The molecular formula is C21H33N3O3S. The van der Waals surface area contributed by atoms with Gasteiger partial charge in [-0.05, 0) is 29.9 Å². The molecule has 1 rings (SSSR count). The molecular weight excluding hydrogens is 374 g/mol. The van der Waals surface area contributed by atoms with Crippen molar-refractivity contribution < 1.29 is 14.4 Å². The third-order valence-corrected chi connectivity index (χ3v) is 5.58. The molecule has 0 fully saturated rings. The third kappa shape index (κ3) is 7.92. The van der Waals surface area contributed by atoms with Crippen molar-refractivity contribution in [3.05, 3.63) is 35.9 Å². The normalized spacial score (nSPS) is 15.1. The Hall–Kier alpha value is -2.02. The van der Waals surface area contributed by atoms with Crippen LogP contribution in [0.25, 0.3) is 0 Å². The van der Waals surface area contributed by atoms with Gasteiger partial charge in [0, 0.05) is 12.3 Å². The summed E-state index contributed by atoms with van der Waals surface area (Å²) in [7, 11) is 0. The molecule has 0 spiro atoms. The highest BCUT2D eigenvalue weighted by atomic mass is 32.2. The summed E-state index contributed by atoms with van der Waals surface area (Å²) < 4.78 is 0. The second kappa shape index (κ2) is 12.4. The minimum absolute atomic E-state index is 0.0879. The molecule has 3 amide bonds. The first kappa shape index (κ1) is 24.0. The van der Waals surface area contributed by atoms with Gasteiger partial charge in [0.2, 0.25) is 17.7 Å². The van der Waals surface area contributed by atoms with Gasteiger partial charge in [-0.15, -0.1) is 0 Å². The molecule has 4 N–H and O–H groups in total. The van der Waals surface area contributed by atoms with Crippen molar-refractivity contribution in [2.45, 2.75) is 52.1 Å². The molecule has 0 bridgehead atoms. The summed E-state index contributed by atoms with van der Waals surface area (Å²) >= 11 is 1.68. The van der Waals surface area contributed by atoms with E-state index < -0.39 is 23.9 Å². The second-order valence-corrected chi connectivity index (χ2v) is 8.19. The number of nitrogens with one attached hydrogen (secondary N) is 2. The van der Waals surface area contributed by atoms with Gasteiger partial charge in [0.25, 0.3) is 0 Å². The zero-order chi connectivity index (χ0) is 21.1. The van der Waals surface area contributed by atoms with E-state index in [1.807, 2.05) is 57.4 Å². The lowest BCUT2D eigenvalue weighted by Crippen LogP contribution is -2.56. The van der Waals surface area contributed by atoms with E-state index in [0.717, 1.165) is 17.7 Å². The smallest absolute Gasteiger partial charge is 0.243 e. The number of amides is 3. The summed E-state index contributed by atoms with van der Waals surface area (Å²) in [5.41, 5.74) is 6.40. The van der Waals surface area contributed by atoms with Gasteiger partial charge < -0.3 is 16.4 Å². The molecule has 156 valence electrons. The minimum atomic E-state index is -0.766. The maximum absolute atomic E-state index is 12.9. The van der Waals surface area contributed by atoms with Crippen LogP contribution in [-0.2, 0) is 20.8 Å². The predicted molar refractivity (Wildman–Crippen MR) is 115 cm³/mol. The molecule has 4 atom stereocenters. The average molecular weight is 408 g/mol. The van der Waals surface area contributed by atoms with Crippen molar-refractivity contribution in [3.63, 3.8) is 0 Å². The van der Waals surface area contributed by atoms with Gasteiger partial charge in [-0.25, -0.2) is 0 Å². The molecule has 1 aromatic rings. The van der Waals surface area contributed by atoms with Crippen molar-refractivity contribution >= 4 is 29.5 Å². The molecule has 6 nitrogen and oxygen atoms in total. The first-order valence-corrected chi connectivity index (χ1v) is 11.1. The fourth-order valence-electron chi connectivity index (χ4n) is 2.78. The maximum atomic E-state index is 12.9. The van der Waals surface area contributed by atoms with Gasteiger partial charge >= 0.3 is 0 Å². The molecule has 0 saturated carbocycles. The number of primary amides is 1. The average Bonchev–Trinajstić information content (AvgIpc) is 2.69. The molecule has 0 heterocycles. The van der Waals surface area contributed by atoms with Crippen molar-refractivity contribution in [1.29, 1.82) is 0 Å². The largest absolute Gasteiger partial charge is 0.368 e. The molecule has 0 aliphatic heterocycles. The van der Waals surface area contributed by atoms with E-state index in [1.165, 1.54) is 0 Å². The Labute approximate surface area is 172 Å². The van der Waals surface area contributed by atoms with Crippen LogP contribution in [0.5, 0.6) is 0 Å². The summed E-state index contributed by atoms with van der Waals surface area (Å²) in [5.74, 6) is -0.527. The van der Waals surface area contributed by atoms with Crippen LogP contribution in [0.3, 0.4) is 0 Å². The van der Waals surface area contributed by atoms with Crippen LogP contribution in [-0.4, -0.2) is 41.8 Å². The van der Waals surface area contributed by atoms with Crippen LogP contribution >= 0.6 is 11.8 Å². The van der Waals surface area contributed by atoms with E-state index >= 15 is 0 Å². The van der Waals surface area contributed by atoms with Crippen LogP contribution in [0.1, 0.15) is 39.2 Å². The van der Waals surface area contributed by atoms with Gasteiger partial charge in [0.05, 0.1) is 0 Å². The Morgan fingerprint density at radius 3 is 2.25 bits per heavy atom. The molecule has 0 saturated heterocycles. The van der Waals surface area contributed by atoms with Gasteiger partial charge in [-0.1, -0.05) is 57.5 Å². The third-order valence-electron chi connectivity index (χ3n) is 4.94. The van der Waals surface area contributed by atoms with E-state index in [0.29, 0.717) is 12.8 Å². The molecule has 0 aromatic heterocycles. The zero-order valence-electron chi connectivity index (χ0n) is 17.2. The van der Waals surface area contributed by atoms with Crippen molar-refractivity contribution in [2.24, 2.45) is 17.6 Å². The molecule has 7 heteroatoms. The number of thioether (sulfide) groups is 1. The minimum Gasteiger partial charge on any atom is -0.368 e. The Morgan fingerprint density at radius 2 is 1.71 bits per heavy atom. The standard InChI is InChI=1S/C21H33N3O3S/c1-5-14(2)18(19(22)25)24-21(27)17(13-16-9-7-6-8-10-16)23-20(26)15(3)11-12-28-4/h6-10,14-15,17-18H,5,11-13H2,1-4H3,(H2,22,25)(H,23,26)(H,24,27)/t14-,15-,17?,18-/m0/s1. The fraction of sp³-hybridized carbons (Fsp3) is 0.571. The first-order valence-electron chi connectivity index (χ1n) is 9.73. The number of carbonyl (C=O) groups excluding carboxylic acids is 3. The van der Waals surface area contributed by atoms with Gasteiger partial charge in [-0.3, -0.25) is 14.4 Å². The van der Waals surface area contributed by atoms with Crippen LogP contribution in [0.2, 0.25) is 0 Å². The van der Waals surface area contributed by atoms with E-state index in [4.69, 9.17) is 5.73 Å². The van der Waals surface area contributed by atoms with E-state index in [-0.39, 0.29) is 17.7 Å². The highest BCUT2D eigenvalue weighted by molar-refractivity contribution is 7.98. The quantitative estimate of drug-likeness (QED) is 0.494. The SMILES string of the molecule is CC[C@H](C)[C@H](NC(=O)C(Cc1ccccc1)NC(=O)[C@@H](C)CCSC)C(N)=O. The number of benzene rings is 1. The van der Waals surface area contributed by atoms with Crippen LogP contribution < -0.4 is 16.4 Å². The molecule has 0 aliphatic rings. The lowest BCUT2D eigenvalue weighted by molar-refractivity contribution is -0.133. The zero-order valence-corrected chi connectivity index (χ0v) is 18.1. The summed E-state index contributed by atoms with van der Waals surface area (Å²) in [4.78, 5) is 37.3. The Kier molecular flexibility index (Phi) is 10.7. The maximum Gasteiger partial charge on any atom is 0.243 e. The topological polar surface area (TPSA) is 101 Å². The van der Waals surface area contributed by atoms with E-state index in [1.54, 1.807) is 11.8 Å². The van der Waals surface area contributed by atoms with Crippen molar-refractivity contribution in [3.8, 4) is 0 Å². The fourth-order valence-corrected chi connectivity index (χ4v) is 3.37. The van der Waals surface area contributed by atoms with E-state index in [2.05, 4.69) is 10.6 Å². The lowest BCUT2D eigenvalue weighted by Gasteiger charge is -2.26. The highest BCUT2D eigenvalue weighted by Crippen LogP contribution is 2.11. The summed E-state index contributed by atoms with van der Waals surface area (Å²) in [6, 6.07) is 7.96. The second-order valence-electron chi connectivity index (χ2n) is 7.21. The highest BCUT2D eigenvalue weighted by Gasteiger charge is 2.29. The van der Waals surface area contributed by atoms with Crippen LogP contribution in [0.4, 0.5) is 0 Å². The first-order chi connectivity index (χ1) is 13.3. The Balaban J connectivity index is 2.93. The molecule has 0 radical (unpaired) electrons. The monoisotopic (exact) mass is 407 g/mol. The van der Waals surface area contributed by atoms with Crippen LogP contribution in [0.15, 0.2) is 30.3 Å². The molecule has 28 heavy (non-hydrogen) atoms. The summed E-state index contributed by atoms with van der Waals surface area (Å²) in [5, 5.41) is 5.61. The van der Waals surface area contributed by atoms with Crippen molar-refractivity contribution in [2.75, 3.05) is 12.0 Å². The van der Waals surface area contributed by atoms with Crippen molar-refractivity contribution in [1.82, 2.24) is 10.6 Å². The number of nitrogens with two attached hydrogens (primary N) is 1. The van der Waals surface area contributed by atoms with Gasteiger partial charge in [-0.2, -0.15) is 11.8 Å². The van der Waals surface area contributed by atoms with Gasteiger partial charge in [0.15, 0.2) is 0 Å². The number of hydrogen-bond donors (Lipinski definition) is 3. The lowest BCUT2D eigenvalue weighted by atomic mass is 9.97. The number of rotatable bonds is 12. The summed E-state index contributed by atoms with van der Waals surface area (Å²) in [6.45, 7) is 5.66. The molecule has 1 aromatic carbocycles. The van der Waals surface area contributed by atoms with Crippen LogP contribution in [0, 0.1) is 11.8 Å². The molecule has 0 aliphatic carbocycles. The molecule has 1 unspecified atom stereocenters. The Morgan fingerprint density at radius 1 is 1.07 bits per heavy atom. The summed E-state index contributed by atoms with van der Waals surface area (Å²) in [6.07, 6.45) is 3.79. The van der Waals surface area contributed by atoms with Gasteiger partial charge in [0.1, 0.15) is 12.1 Å². The number of hydrogen-bond acceptors (Lipinski definition) is 4. The predicted octanol–water partition coefficient (Wildman–Crippen LogP) is 2.12.